The normalized spacial score (nSPS) is 14.7. The standard InChI is InChI=1S/C20H26N4O3S/c1-2-20(25)23-17-7-9-18(10-8-17)28(26,27)22-15-16-6-11-19(21-14-16)24-12-4-3-5-13-24/h6-11,14,22H,2-5,12-13,15H2,1H3,(H,23,25). The summed E-state index contributed by atoms with van der Waals surface area (Å²) in [5, 5.41) is 2.69. The van der Waals surface area contributed by atoms with Crippen LogP contribution in [0.4, 0.5) is 11.5 Å². The molecule has 28 heavy (non-hydrogen) atoms. The van der Waals surface area contributed by atoms with Crippen LogP contribution in [0.3, 0.4) is 0 Å². The zero-order chi connectivity index (χ0) is 20.0. The van der Waals surface area contributed by atoms with Crippen LogP contribution >= 0.6 is 0 Å². The number of nitrogens with zero attached hydrogens (tertiary/aromatic N) is 2. The van der Waals surface area contributed by atoms with E-state index in [9.17, 15) is 13.2 Å². The largest absolute Gasteiger partial charge is 0.357 e. The zero-order valence-corrected chi connectivity index (χ0v) is 16.8. The molecule has 2 heterocycles. The zero-order valence-electron chi connectivity index (χ0n) is 16.0. The number of nitrogens with one attached hydrogen (secondary N) is 2. The Morgan fingerprint density at radius 1 is 1.07 bits per heavy atom. The van der Waals surface area contributed by atoms with Gasteiger partial charge in [0.15, 0.2) is 0 Å². The summed E-state index contributed by atoms with van der Waals surface area (Å²) >= 11 is 0. The number of carbonyl (C=O) groups excluding carboxylic acids is 1. The molecule has 0 unspecified atom stereocenters. The van der Waals surface area contributed by atoms with Crippen molar-refractivity contribution in [2.75, 3.05) is 23.3 Å². The lowest BCUT2D eigenvalue weighted by Gasteiger charge is -2.27. The number of amides is 1. The Kier molecular flexibility index (Phi) is 6.64. The maximum Gasteiger partial charge on any atom is 0.240 e. The summed E-state index contributed by atoms with van der Waals surface area (Å²) in [5.41, 5.74) is 1.37. The molecule has 7 nitrogen and oxygen atoms in total. The van der Waals surface area contributed by atoms with Gasteiger partial charge in [-0.1, -0.05) is 13.0 Å². The van der Waals surface area contributed by atoms with E-state index in [2.05, 4.69) is 19.9 Å². The van der Waals surface area contributed by atoms with Gasteiger partial charge in [-0.15, -0.1) is 0 Å². The van der Waals surface area contributed by atoms with Gasteiger partial charge in [0.05, 0.1) is 4.90 Å². The number of rotatable bonds is 7. The van der Waals surface area contributed by atoms with Gasteiger partial charge >= 0.3 is 0 Å². The van der Waals surface area contributed by atoms with Crippen LogP contribution in [0, 0.1) is 0 Å². The summed E-state index contributed by atoms with van der Waals surface area (Å²) in [5.74, 6) is 0.824. The van der Waals surface area contributed by atoms with Gasteiger partial charge in [0.2, 0.25) is 15.9 Å². The molecule has 1 fully saturated rings. The van der Waals surface area contributed by atoms with E-state index in [0.29, 0.717) is 12.1 Å². The predicted octanol–water partition coefficient (Wildman–Crippen LogP) is 2.90. The van der Waals surface area contributed by atoms with Gasteiger partial charge in [0, 0.05) is 37.9 Å². The van der Waals surface area contributed by atoms with Crippen LogP contribution in [0.1, 0.15) is 38.2 Å². The third-order valence-corrected chi connectivity index (χ3v) is 6.14. The van der Waals surface area contributed by atoms with Crippen molar-refractivity contribution >= 4 is 27.4 Å². The predicted molar refractivity (Wildman–Crippen MR) is 110 cm³/mol. The minimum atomic E-state index is -3.64. The van der Waals surface area contributed by atoms with Gasteiger partial charge in [0.25, 0.3) is 0 Å². The van der Waals surface area contributed by atoms with Gasteiger partial charge in [0.1, 0.15) is 5.82 Å². The molecule has 0 atom stereocenters. The van der Waals surface area contributed by atoms with Gasteiger partial charge in [-0.3, -0.25) is 4.79 Å². The molecule has 1 aliphatic rings. The van der Waals surface area contributed by atoms with E-state index in [1.165, 1.54) is 31.4 Å². The molecule has 150 valence electrons. The molecular weight excluding hydrogens is 376 g/mol. The molecule has 2 N–H and O–H groups in total. The average Bonchev–Trinajstić information content (AvgIpc) is 2.73. The molecule has 0 saturated carbocycles. The molecule has 0 spiro atoms. The topological polar surface area (TPSA) is 91.4 Å². The number of aromatic nitrogens is 1. The van der Waals surface area contributed by atoms with Crippen LogP contribution in [0.25, 0.3) is 0 Å². The molecule has 2 aromatic rings. The highest BCUT2D eigenvalue weighted by Crippen LogP contribution is 2.18. The van der Waals surface area contributed by atoms with Crippen molar-refractivity contribution < 1.29 is 13.2 Å². The summed E-state index contributed by atoms with van der Waals surface area (Å²) < 4.78 is 27.6. The number of pyridine rings is 1. The smallest absolute Gasteiger partial charge is 0.240 e. The van der Waals surface area contributed by atoms with Crippen LogP contribution in [0.5, 0.6) is 0 Å². The first-order valence-electron chi connectivity index (χ1n) is 9.57. The Balaban J connectivity index is 1.59. The van der Waals surface area contributed by atoms with Crippen LogP contribution in [-0.2, 0) is 21.4 Å². The maximum absolute atomic E-state index is 12.5. The van der Waals surface area contributed by atoms with Crippen molar-refractivity contribution in [3.05, 3.63) is 48.2 Å². The molecule has 3 rings (SSSR count). The summed E-state index contributed by atoms with van der Waals surface area (Å²) in [4.78, 5) is 18.3. The van der Waals surface area contributed by atoms with Crippen molar-refractivity contribution in [3.8, 4) is 0 Å². The van der Waals surface area contributed by atoms with E-state index in [4.69, 9.17) is 0 Å². The number of sulfonamides is 1. The first-order valence-corrected chi connectivity index (χ1v) is 11.1. The van der Waals surface area contributed by atoms with E-state index in [0.717, 1.165) is 24.5 Å². The highest BCUT2D eigenvalue weighted by Gasteiger charge is 2.15. The number of benzene rings is 1. The maximum atomic E-state index is 12.5. The first-order chi connectivity index (χ1) is 13.5. The SMILES string of the molecule is CCC(=O)Nc1ccc(S(=O)(=O)NCc2ccc(N3CCCCC3)nc2)cc1. The van der Waals surface area contributed by atoms with E-state index < -0.39 is 10.0 Å². The van der Waals surface area contributed by atoms with Crippen LogP contribution in [0.15, 0.2) is 47.5 Å². The monoisotopic (exact) mass is 402 g/mol. The van der Waals surface area contributed by atoms with E-state index in [-0.39, 0.29) is 17.3 Å². The minimum Gasteiger partial charge on any atom is -0.357 e. The third kappa shape index (κ3) is 5.30. The average molecular weight is 403 g/mol. The highest BCUT2D eigenvalue weighted by atomic mass is 32.2. The van der Waals surface area contributed by atoms with Crippen LogP contribution < -0.4 is 14.9 Å². The van der Waals surface area contributed by atoms with Crippen molar-refractivity contribution in [3.63, 3.8) is 0 Å². The van der Waals surface area contributed by atoms with Gasteiger partial charge < -0.3 is 10.2 Å². The molecule has 1 aromatic carbocycles. The second kappa shape index (κ2) is 9.16. The second-order valence-corrected chi connectivity index (χ2v) is 8.59. The lowest BCUT2D eigenvalue weighted by Crippen LogP contribution is -2.30. The Hall–Kier alpha value is -2.45. The Morgan fingerprint density at radius 2 is 1.79 bits per heavy atom. The lowest BCUT2D eigenvalue weighted by atomic mass is 10.1. The van der Waals surface area contributed by atoms with Crippen LogP contribution in [-0.4, -0.2) is 32.4 Å². The molecule has 0 radical (unpaired) electrons. The molecule has 1 aliphatic heterocycles. The lowest BCUT2D eigenvalue weighted by molar-refractivity contribution is -0.115. The minimum absolute atomic E-state index is 0.116. The van der Waals surface area contributed by atoms with Crippen molar-refractivity contribution in [2.45, 2.75) is 44.0 Å². The Labute approximate surface area is 166 Å². The molecule has 0 bridgehead atoms. The van der Waals surface area contributed by atoms with Crippen molar-refractivity contribution in [1.29, 1.82) is 0 Å². The quantitative estimate of drug-likeness (QED) is 0.743. The second-order valence-electron chi connectivity index (χ2n) is 6.82. The number of carbonyl (C=O) groups is 1. The fourth-order valence-electron chi connectivity index (χ4n) is 3.06. The van der Waals surface area contributed by atoms with Crippen LogP contribution in [0.2, 0.25) is 0 Å². The van der Waals surface area contributed by atoms with E-state index in [1.807, 2.05) is 12.1 Å². The fraction of sp³-hybridized carbons (Fsp3) is 0.400. The highest BCUT2D eigenvalue weighted by molar-refractivity contribution is 7.89. The molecule has 8 heteroatoms. The molecule has 0 aliphatic carbocycles. The molecule has 1 saturated heterocycles. The first kappa shape index (κ1) is 20.3. The third-order valence-electron chi connectivity index (χ3n) is 4.72. The number of anilines is 2. The van der Waals surface area contributed by atoms with Gasteiger partial charge in [-0.05, 0) is 55.2 Å². The number of hydrogen-bond acceptors (Lipinski definition) is 5. The Bertz CT molecular complexity index is 890. The summed E-state index contributed by atoms with van der Waals surface area (Å²) in [6.07, 6.45) is 5.72. The van der Waals surface area contributed by atoms with E-state index in [1.54, 1.807) is 25.3 Å². The molecule has 1 aromatic heterocycles. The van der Waals surface area contributed by atoms with Gasteiger partial charge in [-0.25, -0.2) is 18.1 Å². The Morgan fingerprint density at radius 3 is 2.39 bits per heavy atom. The van der Waals surface area contributed by atoms with Crippen molar-refractivity contribution in [2.24, 2.45) is 0 Å². The number of hydrogen-bond donors (Lipinski definition) is 2. The summed E-state index contributed by atoms with van der Waals surface area (Å²) in [6.45, 7) is 3.97. The fourth-order valence-corrected chi connectivity index (χ4v) is 4.08. The summed E-state index contributed by atoms with van der Waals surface area (Å²) in [6, 6.07) is 9.97. The molecular formula is C20H26N4O3S. The number of piperidine rings is 1. The van der Waals surface area contributed by atoms with E-state index >= 15 is 0 Å². The summed E-state index contributed by atoms with van der Waals surface area (Å²) in [7, 11) is -3.64. The van der Waals surface area contributed by atoms with Gasteiger partial charge in [-0.2, -0.15) is 0 Å². The molecule has 1 amide bonds. The van der Waals surface area contributed by atoms with Crippen molar-refractivity contribution in [1.82, 2.24) is 9.71 Å².